The predicted molar refractivity (Wildman–Crippen MR) is 75.9 cm³/mol. The maximum Gasteiger partial charge on any atom is 0.327 e. The highest BCUT2D eigenvalue weighted by Crippen LogP contribution is 2.25. The van der Waals surface area contributed by atoms with Gasteiger partial charge in [-0.05, 0) is 18.4 Å². The Balaban J connectivity index is 2.18. The van der Waals surface area contributed by atoms with Crippen LogP contribution in [-0.4, -0.2) is 38.5 Å². The Bertz CT molecular complexity index is 570. The first-order valence-electron chi connectivity index (χ1n) is 6.55. The summed E-state index contributed by atoms with van der Waals surface area (Å²) in [7, 11) is -1.93. The van der Waals surface area contributed by atoms with Gasteiger partial charge in [0.1, 0.15) is 5.54 Å². The minimum atomic E-state index is -3.21. The van der Waals surface area contributed by atoms with Gasteiger partial charge in [0.05, 0.1) is 18.6 Å². The van der Waals surface area contributed by atoms with Crippen molar-refractivity contribution in [3.05, 3.63) is 35.9 Å². The molecular weight excluding hydrogens is 278 g/mol. The van der Waals surface area contributed by atoms with Gasteiger partial charge in [-0.25, -0.2) is 8.42 Å². The van der Waals surface area contributed by atoms with Gasteiger partial charge in [-0.15, -0.1) is 0 Å². The van der Waals surface area contributed by atoms with Gasteiger partial charge in [0.25, 0.3) is 0 Å². The molecule has 1 aromatic rings. The van der Waals surface area contributed by atoms with Crippen molar-refractivity contribution < 1.29 is 17.9 Å². The molecule has 1 aliphatic heterocycles. The van der Waals surface area contributed by atoms with Crippen molar-refractivity contribution in [3.8, 4) is 0 Å². The van der Waals surface area contributed by atoms with Gasteiger partial charge in [-0.2, -0.15) is 0 Å². The summed E-state index contributed by atoms with van der Waals surface area (Å²) in [5.74, 6) is -0.560. The molecule has 20 heavy (non-hydrogen) atoms. The van der Waals surface area contributed by atoms with E-state index in [4.69, 9.17) is 4.74 Å². The van der Waals surface area contributed by atoms with Crippen LogP contribution in [0.3, 0.4) is 0 Å². The molecule has 0 aliphatic carbocycles. The summed E-state index contributed by atoms with van der Waals surface area (Å²) in [5.41, 5.74) is -0.124. The first-order valence-corrected chi connectivity index (χ1v) is 8.37. The van der Waals surface area contributed by atoms with E-state index in [0.717, 1.165) is 5.56 Å². The molecule has 2 rings (SSSR count). The smallest absolute Gasteiger partial charge is 0.327 e. The topological polar surface area (TPSA) is 72.5 Å². The van der Waals surface area contributed by atoms with E-state index in [1.165, 1.54) is 7.11 Å². The molecule has 0 aromatic heterocycles. The van der Waals surface area contributed by atoms with Crippen LogP contribution < -0.4 is 5.32 Å². The summed E-state index contributed by atoms with van der Waals surface area (Å²) in [6, 6.07) is 9.56. The molecule has 1 saturated heterocycles. The van der Waals surface area contributed by atoms with E-state index in [-0.39, 0.29) is 11.5 Å². The summed E-state index contributed by atoms with van der Waals surface area (Å²) in [5, 5.41) is 3.10. The van der Waals surface area contributed by atoms with Crippen molar-refractivity contribution in [2.24, 2.45) is 0 Å². The lowest BCUT2D eigenvalue weighted by atomic mass is 9.95. The highest BCUT2D eigenvalue weighted by atomic mass is 32.2. The maximum atomic E-state index is 12.0. The third-order valence-corrected chi connectivity index (χ3v) is 5.42. The van der Waals surface area contributed by atoms with Crippen LogP contribution in [0.5, 0.6) is 0 Å². The Kier molecular flexibility index (Phi) is 4.45. The van der Waals surface area contributed by atoms with Crippen LogP contribution in [0.15, 0.2) is 30.3 Å². The molecule has 6 heteroatoms. The van der Waals surface area contributed by atoms with E-state index >= 15 is 0 Å². The van der Waals surface area contributed by atoms with Crippen LogP contribution in [0.2, 0.25) is 0 Å². The number of nitrogens with one attached hydrogen (secondary N) is 1. The molecule has 0 amide bonds. The van der Waals surface area contributed by atoms with Gasteiger partial charge < -0.3 is 4.74 Å². The first-order chi connectivity index (χ1) is 9.47. The molecule has 0 saturated carbocycles. The molecule has 1 unspecified atom stereocenters. The number of benzene rings is 1. The number of carbonyl (C=O) groups excluding carboxylic acids is 1. The highest BCUT2D eigenvalue weighted by molar-refractivity contribution is 7.91. The molecule has 1 aliphatic rings. The SMILES string of the molecule is COC(=O)C1(NCc2ccccc2)CCCS(=O)(=O)C1. The third kappa shape index (κ3) is 3.37. The molecule has 110 valence electrons. The zero-order valence-electron chi connectivity index (χ0n) is 11.5. The summed E-state index contributed by atoms with van der Waals surface area (Å²) in [6.45, 7) is 0.436. The van der Waals surface area contributed by atoms with Gasteiger partial charge in [-0.1, -0.05) is 30.3 Å². The summed E-state index contributed by atoms with van der Waals surface area (Å²) < 4.78 is 28.5. The average Bonchev–Trinajstić information content (AvgIpc) is 2.44. The number of methoxy groups -OCH3 is 1. The number of sulfone groups is 1. The fraction of sp³-hybridized carbons (Fsp3) is 0.500. The normalized spacial score (nSPS) is 25.1. The largest absolute Gasteiger partial charge is 0.468 e. The van der Waals surface area contributed by atoms with Gasteiger partial charge in [0.2, 0.25) is 0 Å². The number of hydrogen-bond acceptors (Lipinski definition) is 5. The molecule has 1 aromatic carbocycles. The second-order valence-electron chi connectivity index (χ2n) is 5.11. The van der Waals surface area contributed by atoms with Crippen LogP contribution in [0.1, 0.15) is 18.4 Å². The Morgan fingerprint density at radius 1 is 1.35 bits per heavy atom. The summed E-state index contributed by atoms with van der Waals surface area (Å²) >= 11 is 0. The first kappa shape index (κ1) is 15.0. The molecule has 1 fully saturated rings. The van der Waals surface area contributed by atoms with E-state index in [2.05, 4.69) is 5.32 Å². The van der Waals surface area contributed by atoms with Gasteiger partial charge in [0, 0.05) is 6.54 Å². The second-order valence-corrected chi connectivity index (χ2v) is 7.29. The van der Waals surface area contributed by atoms with Crippen molar-refractivity contribution in [2.75, 3.05) is 18.6 Å². The van der Waals surface area contributed by atoms with Crippen LogP contribution >= 0.6 is 0 Å². The zero-order valence-corrected chi connectivity index (χ0v) is 12.3. The monoisotopic (exact) mass is 297 g/mol. The van der Waals surface area contributed by atoms with E-state index in [0.29, 0.717) is 19.4 Å². The number of rotatable bonds is 4. The standard InChI is InChI=1S/C14H19NO4S/c1-19-13(16)14(8-5-9-20(17,18)11-14)15-10-12-6-3-2-4-7-12/h2-4,6-7,15H,5,8-11H2,1H3. The average molecular weight is 297 g/mol. The number of esters is 1. The third-order valence-electron chi connectivity index (χ3n) is 3.58. The molecular formula is C14H19NO4S. The molecule has 0 spiro atoms. The van der Waals surface area contributed by atoms with Crippen LogP contribution in [-0.2, 0) is 25.9 Å². The maximum absolute atomic E-state index is 12.0. The fourth-order valence-corrected chi connectivity index (χ4v) is 4.39. The molecule has 1 heterocycles. The lowest BCUT2D eigenvalue weighted by molar-refractivity contribution is -0.148. The number of carbonyl (C=O) groups is 1. The Hall–Kier alpha value is -1.40. The Morgan fingerprint density at radius 2 is 2.05 bits per heavy atom. The quantitative estimate of drug-likeness (QED) is 0.836. The summed E-state index contributed by atoms with van der Waals surface area (Å²) in [4.78, 5) is 12.0. The van der Waals surface area contributed by atoms with Gasteiger partial charge in [0.15, 0.2) is 9.84 Å². The van der Waals surface area contributed by atoms with E-state index in [9.17, 15) is 13.2 Å². The van der Waals surface area contributed by atoms with Crippen molar-refractivity contribution in [1.29, 1.82) is 0 Å². The second kappa shape index (κ2) is 5.93. The number of ether oxygens (including phenoxy) is 1. The molecule has 0 radical (unpaired) electrons. The zero-order chi connectivity index (χ0) is 14.6. The van der Waals surface area contributed by atoms with E-state index < -0.39 is 21.3 Å². The number of hydrogen-bond donors (Lipinski definition) is 1. The Morgan fingerprint density at radius 3 is 2.65 bits per heavy atom. The minimum absolute atomic E-state index is 0.138. The predicted octanol–water partition coefficient (Wildman–Crippen LogP) is 0.897. The van der Waals surface area contributed by atoms with Crippen molar-refractivity contribution in [3.63, 3.8) is 0 Å². The lowest BCUT2D eigenvalue weighted by Gasteiger charge is -2.35. The van der Waals surface area contributed by atoms with Crippen LogP contribution in [0, 0.1) is 0 Å². The van der Waals surface area contributed by atoms with Crippen molar-refractivity contribution in [1.82, 2.24) is 5.32 Å². The Labute approximate surface area is 119 Å². The van der Waals surface area contributed by atoms with Crippen LogP contribution in [0.4, 0.5) is 0 Å². The summed E-state index contributed by atoms with van der Waals surface area (Å²) in [6.07, 6.45) is 0.949. The van der Waals surface area contributed by atoms with Crippen LogP contribution in [0.25, 0.3) is 0 Å². The minimum Gasteiger partial charge on any atom is -0.468 e. The lowest BCUT2D eigenvalue weighted by Crippen LogP contribution is -2.59. The van der Waals surface area contributed by atoms with E-state index in [1.807, 2.05) is 30.3 Å². The van der Waals surface area contributed by atoms with E-state index in [1.54, 1.807) is 0 Å². The molecule has 5 nitrogen and oxygen atoms in total. The molecule has 0 bridgehead atoms. The van der Waals surface area contributed by atoms with Crippen molar-refractivity contribution in [2.45, 2.75) is 24.9 Å². The molecule has 1 atom stereocenters. The van der Waals surface area contributed by atoms with Gasteiger partial charge >= 0.3 is 5.97 Å². The fourth-order valence-electron chi connectivity index (χ4n) is 2.55. The molecule has 1 N–H and O–H groups in total. The highest BCUT2D eigenvalue weighted by Gasteiger charge is 2.45. The van der Waals surface area contributed by atoms with Gasteiger partial charge in [-0.3, -0.25) is 10.1 Å². The van der Waals surface area contributed by atoms with Crippen molar-refractivity contribution >= 4 is 15.8 Å².